The van der Waals surface area contributed by atoms with Gasteiger partial charge in [0.25, 0.3) is 11.8 Å². The number of rotatable bonds is 5. The van der Waals surface area contributed by atoms with Gasteiger partial charge in [-0.05, 0) is 23.6 Å². The number of imide groups is 1. The second-order valence-electron chi connectivity index (χ2n) is 8.95. The van der Waals surface area contributed by atoms with Gasteiger partial charge < -0.3 is 10.2 Å². The van der Waals surface area contributed by atoms with Crippen LogP contribution in [-0.2, 0) is 33.4 Å². The summed E-state index contributed by atoms with van der Waals surface area (Å²) in [6, 6.07) is 5.27. The number of piperidine rings is 1. The summed E-state index contributed by atoms with van der Waals surface area (Å²) < 4.78 is 30.1. The van der Waals surface area contributed by atoms with Crippen LogP contribution in [0.1, 0.15) is 39.9 Å². The molecule has 1 fully saturated rings. The molecule has 4 rings (SSSR count). The maximum Gasteiger partial charge on any atom is 0.349 e. The Morgan fingerprint density at radius 1 is 1.17 bits per heavy atom. The zero-order chi connectivity index (χ0) is 25.7. The van der Waals surface area contributed by atoms with Crippen molar-refractivity contribution in [2.24, 2.45) is 0 Å². The number of nitrogens with zero attached hydrogens (tertiary/aromatic N) is 1. The fourth-order valence-electron chi connectivity index (χ4n) is 4.53. The Labute approximate surface area is 208 Å². The molecule has 1 atom stereocenters. The average Bonchev–Trinajstić information content (AvgIpc) is 3.13. The van der Waals surface area contributed by atoms with E-state index in [0.29, 0.717) is 32.6 Å². The summed E-state index contributed by atoms with van der Waals surface area (Å²) in [6.07, 6.45) is 0.389. The van der Waals surface area contributed by atoms with Crippen LogP contribution >= 0.6 is 11.6 Å². The molecule has 2 N–H and O–H groups in total. The number of amides is 4. The molecule has 1 unspecified atom stereocenters. The van der Waals surface area contributed by atoms with E-state index < -0.39 is 29.3 Å². The fourth-order valence-corrected chi connectivity index (χ4v) is 4.73. The van der Waals surface area contributed by atoms with Crippen molar-refractivity contribution in [2.45, 2.75) is 37.9 Å². The van der Waals surface area contributed by atoms with Crippen LogP contribution in [-0.4, -0.2) is 58.1 Å². The first kappa shape index (κ1) is 25.0. The van der Waals surface area contributed by atoms with Crippen molar-refractivity contribution >= 4 is 75.2 Å². The van der Waals surface area contributed by atoms with E-state index in [-0.39, 0.29) is 43.2 Å². The minimum atomic E-state index is -3.76. The van der Waals surface area contributed by atoms with Gasteiger partial charge in [-0.3, -0.25) is 24.5 Å². The van der Waals surface area contributed by atoms with Gasteiger partial charge in [0.1, 0.15) is 29.6 Å². The molecule has 0 spiro atoms. The molecule has 2 aliphatic rings. The van der Waals surface area contributed by atoms with E-state index in [1.165, 1.54) is 18.8 Å². The maximum atomic E-state index is 15.0. The topological polar surface area (TPSA) is 95.6 Å². The SMILES string of the molecule is Bc1cc(C(F)(F)C(=O)NCc2ccc3c(c2)CN(C2CCC(=O)NC2=O)C3=O)c(B)c(B)c1Cl. The van der Waals surface area contributed by atoms with Crippen LogP contribution in [0.5, 0.6) is 0 Å². The lowest BCUT2D eigenvalue weighted by Gasteiger charge is -2.29. The predicted molar refractivity (Wildman–Crippen MR) is 134 cm³/mol. The molecule has 4 amide bonds. The van der Waals surface area contributed by atoms with Crippen molar-refractivity contribution in [2.75, 3.05) is 0 Å². The van der Waals surface area contributed by atoms with E-state index in [0.717, 1.165) is 0 Å². The van der Waals surface area contributed by atoms with Crippen molar-refractivity contribution < 1.29 is 28.0 Å². The van der Waals surface area contributed by atoms with E-state index in [1.54, 1.807) is 33.9 Å². The summed E-state index contributed by atoms with van der Waals surface area (Å²) in [7, 11) is 4.74. The van der Waals surface area contributed by atoms with E-state index in [2.05, 4.69) is 10.6 Å². The molecule has 35 heavy (non-hydrogen) atoms. The molecule has 7 nitrogen and oxygen atoms in total. The number of benzene rings is 2. The smallest absolute Gasteiger partial charge is 0.346 e. The molecule has 2 aliphatic heterocycles. The van der Waals surface area contributed by atoms with Crippen molar-refractivity contribution in [1.82, 2.24) is 15.5 Å². The van der Waals surface area contributed by atoms with Crippen molar-refractivity contribution in [1.29, 1.82) is 0 Å². The number of hydrogen-bond donors (Lipinski definition) is 2. The zero-order valence-electron chi connectivity index (χ0n) is 19.4. The Morgan fingerprint density at radius 2 is 1.89 bits per heavy atom. The van der Waals surface area contributed by atoms with Crippen molar-refractivity contribution in [3.05, 3.63) is 51.5 Å². The number of carbonyl (C=O) groups excluding carboxylic acids is 4. The molecule has 0 aliphatic carbocycles. The Hall–Kier alpha value is -3.14. The molecule has 0 saturated carbocycles. The van der Waals surface area contributed by atoms with Crippen molar-refractivity contribution in [3.8, 4) is 0 Å². The number of nitrogens with one attached hydrogen (secondary N) is 2. The Balaban J connectivity index is 1.47. The fraction of sp³-hybridized carbons (Fsp3) is 0.273. The van der Waals surface area contributed by atoms with Crippen LogP contribution in [0.15, 0.2) is 24.3 Å². The highest BCUT2D eigenvalue weighted by atomic mass is 35.5. The Bertz CT molecular complexity index is 1290. The summed E-state index contributed by atoms with van der Waals surface area (Å²) in [5.41, 5.74) is 2.38. The number of hydrogen-bond acceptors (Lipinski definition) is 4. The third kappa shape index (κ3) is 4.47. The van der Waals surface area contributed by atoms with E-state index in [1.807, 2.05) is 0 Å². The van der Waals surface area contributed by atoms with E-state index in [4.69, 9.17) is 11.6 Å². The first-order chi connectivity index (χ1) is 16.4. The van der Waals surface area contributed by atoms with E-state index in [9.17, 15) is 19.2 Å². The van der Waals surface area contributed by atoms with Crippen LogP contribution < -0.4 is 27.0 Å². The molecular weight excluding hydrogens is 476 g/mol. The third-order valence-electron chi connectivity index (χ3n) is 6.67. The molecule has 2 aromatic carbocycles. The molecule has 0 aromatic heterocycles. The van der Waals surface area contributed by atoms with Crippen LogP contribution in [0.25, 0.3) is 0 Å². The van der Waals surface area contributed by atoms with E-state index >= 15 is 8.78 Å². The lowest BCUT2D eigenvalue weighted by molar-refractivity contribution is -0.147. The van der Waals surface area contributed by atoms with Gasteiger partial charge in [-0.25, -0.2) is 0 Å². The molecular formula is C22H21B3ClF2N3O4. The summed E-state index contributed by atoms with van der Waals surface area (Å²) >= 11 is 6.15. The standard InChI is InChI=1S/C22H21B3ClF2N3O4/c23-13-6-12(16(24)17(25)18(13)26)22(27,28)21(35)29-7-9-1-2-11-10(5-9)8-31(20(11)34)14-3-4-15(32)30-19(14)33/h1-2,5-6,14H,3-4,7-8,23-25H2,(H,29,35)(H,30,32,33). The van der Waals surface area contributed by atoms with Crippen LogP contribution in [0, 0.1) is 0 Å². The van der Waals surface area contributed by atoms with Crippen LogP contribution in [0.3, 0.4) is 0 Å². The van der Waals surface area contributed by atoms with Crippen LogP contribution in [0.2, 0.25) is 5.02 Å². The minimum Gasteiger partial charge on any atom is -0.346 e. The second kappa shape index (κ2) is 9.15. The number of carbonyl (C=O) groups is 4. The highest BCUT2D eigenvalue weighted by Gasteiger charge is 2.43. The minimum absolute atomic E-state index is 0.147. The molecule has 0 radical (unpaired) electrons. The summed E-state index contributed by atoms with van der Waals surface area (Å²) in [4.78, 5) is 50.2. The van der Waals surface area contributed by atoms with Gasteiger partial charge in [0.15, 0.2) is 0 Å². The molecule has 178 valence electrons. The first-order valence-electron chi connectivity index (χ1n) is 11.1. The first-order valence-corrected chi connectivity index (χ1v) is 11.5. The Morgan fingerprint density at radius 3 is 2.57 bits per heavy atom. The Kier molecular flexibility index (Phi) is 6.53. The number of fused-ring (bicyclic) bond motifs is 1. The molecule has 13 heteroatoms. The predicted octanol–water partition coefficient (Wildman–Crippen LogP) is -2.72. The van der Waals surface area contributed by atoms with Crippen LogP contribution in [0.4, 0.5) is 8.78 Å². The summed E-state index contributed by atoms with van der Waals surface area (Å²) in [5, 5.41) is 4.92. The second-order valence-corrected chi connectivity index (χ2v) is 9.33. The highest BCUT2D eigenvalue weighted by molar-refractivity contribution is 6.59. The summed E-state index contributed by atoms with van der Waals surface area (Å²) in [6.45, 7) is -0.0141. The van der Waals surface area contributed by atoms with Gasteiger partial charge in [0.05, 0.1) is 0 Å². The maximum absolute atomic E-state index is 15.0. The summed E-state index contributed by atoms with van der Waals surface area (Å²) in [5.74, 6) is -6.42. The largest absolute Gasteiger partial charge is 0.349 e. The quantitative estimate of drug-likeness (QED) is 0.347. The molecule has 0 bridgehead atoms. The van der Waals surface area contributed by atoms with Crippen molar-refractivity contribution in [3.63, 3.8) is 0 Å². The number of alkyl halides is 2. The van der Waals surface area contributed by atoms with Gasteiger partial charge in [-0.2, -0.15) is 8.78 Å². The van der Waals surface area contributed by atoms with Gasteiger partial charge in [0.2, 0.25) is 11.8 Å². The number of halogens is 3. The zero-order valence-corrected chi connectivity index (χ0v) is 20.2. The molecule has 2 aromatic rings. The lowest BCUT2D eigenvalue weighted by atomic mass is 9.72. The van der Waals surface area contributed by atoms with Gasteiger partial charge in [-0.15, -0.1) is 0 Å². The van der Waals surface area contributed by atoms with Gasteiger partial charge in [-0.1, -0.05) is 46.2 Å². The molecule has 2 heterocycles. The monoisotopic (exact) mass is 497 g/mol. The lowest BCUT2D eigenvalue weighted by Crippen LogP contribution is -2.52. The average molecular weight is 497 g/mol. The highest BCUT2D eigenvalue weighted by Crippen LogP contribution is 2.29. The molecule has 1 saturated heterocycles. The van der Waals surface area contributed by atoms with Gasteiger partial charge in [0, 0.05) is 35.7 Å². The third-order valence-corrected chi connectivity index (χ3v) is 7.25. The normalized spacial score (nSPS) is 17.9. The van der Waals surface area contributed by atoms with Gasteiger partial charge >= 0.3 is 5.92 Å².